The Balaban J connectivity index is 2.54. The second-order valence-electron chi connectivity index (χ2n) is 12.3. The molecule has 0 aliphatic heterocycles. The highest BCUT2D eigenvalue weighted by Crippen LogP contribution is 2.44. The lowest BCUT2D eigenvalue weighted by Crippen LogP contribution is -2.42. The van der Waals surface area contributed by atoms with Crippen LogP contribution in [0.5, 0.6) is 0 Å². The minimum Gasteiger partial charge on any atom is -0.511 e. The minimum absolute atomic E-state index is 0.0509. The van der Waals surface area contributed by atoms with Gasteiger partial charge in [0, 0.05) is 24.3 Å². The Morgan fingerprint density at radius 2 is 1.22 bits per heavy atom. The van der Waals surface area contributed by atoms with Crippen LogP contribution in [-0.2, 0) is 28.7 Å². The van der Waals surface area contributed by atoms with Crippen LogP contribution in [0.2, 0.25) is 0 Å². The Labute approximate surface area is 243 Å². The summed E-state index contributed by atoms with van der Waals surface area (Å²) in [7, 11) is 2.49. The Bertz CT molecular complexity index is 1190. The van der Waals surface area contributed by atoms with E-state index in [2.05, 4.69) is 4.99 Å². The van der Waals surface area contributed by atoms with E-state index >= 15 is 0 Å². The first-order valence-electron chi connectivity index (χ1n) is 14.3. The van der Waals surface area contributed by atoms with Gasteiger partial charge in [0.15, 0.2) is 11.6 Å². The maximum Gasteiger partial charge on any atom is 0.316 e. The zero-order chi connectivity index (χ0) is 31.3. The Hall–Kier alpha value is -3.30. The van der Waals surface area contributed by atoms with E-state index in [0.29, 0.717) is 37.1 Å². The first kappa shape index (κ1) is 33.9. The SMILES string of the molecule is CCCC(=N[C@H](C)CN=C(CCC)C1=C(O)[C@H](C(=O)OC)C(C)(C)CC1=O)C1=C(O)[C@@H](C(=O)OC)C(C)(C)CC1=O. The van der Waals surface area contributed by atoms with Crippen LogP contribution in [0.15, 0.2) is 32.6 Å². The van der Waals surface area contributed by atoms with Gasteiger partial charge in [-0.2, -0.15) is 0 Å². The number of ether oxygens (including phenoxy) is 2. The summed E-state index contributed by atoms with van der Waals surface area (Å²) in [5.41, 5.74) is -0.751. The summed E-state index contributed by atoms with van der Waals surface area (Å²) in [6.45, 7) is 12.7. The summed E-state index contributed by atoms with van der Waals surface area (Å²) in [6.07, 6.45) is 2.19. The molecule has 0 fully saturated rings. The number of carbonyl (C=O) groups excluding carboxylic acids is 4. The molecular weight excluding hydrogens is 528 g/mol. The average Bonchev–Trinajstić information content (AvgIpc) is 2.85. The third-order valence-electron chi connectivity index (χ3n) is 7.76. The number of esters is 2. The van der Waals surface area contributed by atoms with Crippen LogP contribution in [0.4, 0.5) is 0 Å². The number of nitrogens with zero attached hydrogens (tertiary/aromatic N) is 2. The highest BCUT2D eigenvalue weighted by Gasteiger charge is 2.49. The molecule has 228 valence electrons. The fourth-order valence-corrected chi connectivity index (χ4v) is 5.80. The highest BCUT2D eigenvalue weighted by atomic mass is 16.5. The summed E-state index contributed by atoms with van der Waals surface area (Å²) in [4.78, 5) is 60.8. The zero-order valence-corrected chi connectivity index (χ0v) is 25.9. The number of carbonyl (C=O) groups is 4. The molecule has 3 atom stereocenters. The molecular formula is C31H46N2O8. The molecule has 41 heavy (non-hydrogen) atoms. The molecule has 0 amide bonds. The van der Waals surface area contributed by atoms with Crippen molar-refractivity contribution in [2.45, 2.75) is 93.0 Å². The molecule has 2 aliphatic rings. The summed E-state index contributed by atoms with van der Waals surface area (Å²) < 4.78 is 9.84. The van der Waals surface area contributed by atoms with E-state index < -0.39 is 40.6 Å². The van der Waals surface area contributed by atoms with Crippen LogP contribution in [0.1, 0.15) is 87.0 Å². The van der Waals surface area contributed by atoms with Crippen molar-refractivity contribution in [1.29, 1.82) is 0 Å². The van der Waals surface area contributed by atoms with Crippen molar-refractivity contribution in [1.82, 2.24) is 0 Å². The van der Waals surface area contributed by atoms with Crippen LogP contribution in [0, 0.1) is 22.7 Å². The first-order chi connectivity index (χ1) is 19.1. The van der Waals surface area contributed by atoms with Gasteiger partial charge in [0.25, 0.3) is 0 Å². The molecule has 0 heterocycles. The van der Waals surface area contributed by atoms with Crippen molar-refractivity contribution in [2.24, 2.45) is 32.7 Å². The smallest absolute Gasteiger partial charge is 0.316 e. The van der Waals surface area contributed by atoms with E-state index in [0.717, 1.165) is 0 Å². The van der Waals surface area contributed by atoms with Gasteiger partial charge in [0.1, 0.15) is 23.4 Å². The largest absolute Gasteiger partial charge is 0.511 e. The zero-order valence-electron chi connectivity index (χ0n) is 25.9. The number of allylic oxidation sites excluding steroid dienone is 2. The van der Waals surface area contributed by atoms with Gasteiger partial charge in [-0.1, -0.05) is 54.4 Å². The average molecular weight is 575 g/mol. The summed E-state index contributed by atoms with van der Waals surface area (Å²) in [6, 6.07) is -0.461. The second-order valence-corrected chi connectivity index (χ2v) is 12.3. The van der Waals surface area contributed by atoms with Gasteiger partial charge in [-0.25, -0.2) is 0 Å². The number of aliphatic imine (C=N–C) groups is 2. The molecule has 0 saturated carbocycles. The van der Waals surface area contributed by atoms with Crippen LogP contribution >= 0.6 is 0 Å². The number of ketones is 2. The molecule has 2 N–H and O–H groups in total. The monoisotopic (exact) mass is 574 g/mol. The van der Waals surface area contributed by atoms with Crippen LogP contribution in [0.3, 0.4) is 0 Å². The van der Waals surface area contributed by atoms with Crippen molar-refractivity contribution in [2.75, 3.05) is 20.8 Å². The number of Topliss-reactive ketones (excluding diaryl/α,β-unsaturated/α-hetero) is 2. The molecule has 0 saturated heterocycles. The summed E-state index contributed by atoms with van der Waals surface area (Å²) in [5, 5.41) is 22.3. The van der Waals surface area contributed by atoms with Crippen LogP contribution in [0.25, 0.3) is 0 Å². The van der Waals surface area contributed by atoms with Crippen molar-refractivity contribution >= 4 is 34.9 Å². The molecule has 2 aliphatic carbocycles. The lowest BCUT2D eigenvalue weighted by molar-refractivity contribution is -0.151. The predicted molar refractivity (Wildman–Crippen MR) is 156 cm³/mol. The lowest BCUT2D eigenvalue weighted by Gasteiger charge is -2.36. The molecule has 10 heteroatoms. The highest BCUT2D eigenvalue weighted by molar-refractivity contribution is 6.24. The minimum atomic E-state index is -0.994. The molecule has 0 spiro atoms. The number of hydrogen-bond acceptors (Lipinski definition) is 10. The second kappa shape index (κ2) is 13.6. The number of aliphatic hydroxyl groups is 2. The normalized spacial score (nSPS) is 23.9. The van der Waals surface area contributed by atoms with Gasteiger partial charge in [0.2, 0.25) is 0 Å². The van der Waals surface area contributed by atoms with E-state index in [1.54, 1.807) is 34.6 Å². The van der Waals surface area contributed by atoms with Gasteiger partial charge in [-0.15, -0.1) is 0 Å². The van der Waals surface area contributed by atoms with Crippen molar-refractivity contribution < 1.29 is 38.9 Å². The first-order valence-corrected chi connectivity index (χ1v) is 14.3. The summed E-state index contributed by atoms with van der Waals surface area (Å²) in [5.74, 6) is -4.45. The van der Waals surface area contributed by atoms with E-state index in [4.69, 9.17) is 14.5 Å². The van der Waals surface area contributed by atoms with Gasteiger partial charge < -0.3 is 19.7 Å². The molecule has 0 bridgehead atoms. The van der Waals surface area contributed by atoms with E-state index in [1.807, 2.05) is 13.8 Å². The predicted octanol–water partition coefficient (Wildman–Crippen LogP) is 5.06. The van der Waals surface area contributed by atoms with Crippen LogP contribution < -0.4 is 0 Å². The fourth-order valence-electron chi connectivity index (χ4n) is 5.80. The Kier molecular flexibility index (Phi) is 11.2. The molecule has 0 aromatic heterocycles. The quantitative estimate of drug-likeness (QED) is 0.257. The molecule has 0 radical (unpaired) electrons. The number of rotatable bonds is 11. The fraction of sp³-hybridized carbons (Fsp3) is 0.677. The number of aliphatic hydroxyl groups excluding tert-OH is 2. The van der Waals surface area contributed by atoms with Crippen molar-refractivity contribution in [3.63, 3.8) is 0 Å². The van der Waals surface area contributed by atoms with Gasteiger partial charge >= 0.3 is 11.9 Å². The number of hydrogen-bond donors (Lipinski definition) is 2. The maximum atomic E-state index is 13.2. The summed E-state index contributed by atoms with van der Waals surface area (Å²) >= 11 is 0. The molecule has 2 rings (SSSR count). The molecule has 0 unspecified atom stereocenters. The van der Waals surface area contributed by atoms with E-state index in [9.17, 15) is 29.4 Å². The van der Waals surface area contributed by atoms with Crippen molar-refractivity contribution in [3.8, 4) is 0 Å². The molecule has 0 aromatic carbocycles. The Morgan fingerprint density at radius 3 is 1.61 bits per heavy atom. The van der Waals surface area contributed by atoms with E-state index in [1.165, 1.54) is 14.2 Å². The van der Waals surface area contributed by atoms with Gasteiger partial charge in [0.05, 0.1) is 38.0 Å². The standard InChI is InChI=1S/C31H46N2O8/c1-10-12-18(22-20(34)14-30(4,5)24(26(22)36)28(38)40-8)32-16-17(3)33-19(13-11-2)23-21(35)15-31(6,7)25(27(23)37)29(39)41-9/h17,24-25,36-37H,10-16H2,1-9H3/t17-,24-,25+/m1/s1. The molecule has 0 aromatic rings. The van der Waals surface area contributed by atoms with Gasteiger partial charge in [-0.3, -0.25) is 29.2 Å². The topological polar surface area (TPSA) is 152 Å². The van der Waals surface area contributed by atoms with Crippen molar-refractivity contribution in [3.05, 3.63) is 22.7 Å². The van der Waals surface area contributed by atoms with Crippen LogP contribution in [-0.4, -0.2) is 71.9 Å². The molecule has 10 nitrogen and oxygen atoms in total. The van der Waals surface area contributed by atoms with Gasteiger partial charge in [-0.05, 0) is 30.6 Å². The third-order valence-corrected chi connectivity index (χ3v) is 7.76. The third kappa shape index (κ3) is 7.32. The van der Waals surface area contributed by atoms with E-state index in [-0.39, 0.29) is 53.6 Å². The Morgan fingerprint density at radius 1 is 0.829 bits per heavy atom. The maximum absolute atomic E-state index is 13.2. The number of methoxy groups -OCH3 is 2. The lowest BCUT2D eigenvalue weighted by atomic mass is 9.67.